The molecular formula is C14H20N2O4. The van der Waals surface area contributed by atoms with Crippen LogP contribution in [0, 0.1) is 10.1 Å². The minimum atomic E-state index is -0.493. The number of unbranched alkanes of at least 4 members (excludes halogenated alkanes) is 1. The fraction of sp³-hybridized carbons (Fsp3) is 0.500. The first-order valence-electron chi connectivity index (χ1n) is 6.74. The molecule has 0 saturated heterocycles. The Hall–Kier alpha value is -1.95. The molecule has 0 spiro atoms. The van der Waals surface area contributed by atoms with E-state index in [-0.39, 0.29) is 5.69 Å². The van der Waals surface area contributed by atoms with Crippen molar-refractivity contribution in [3.63, 3.8) is 0 Å². The van der Waals surface area contributed by atoms with E-state index in [4.69, 9.17) is 4.74 Å². The van der Waals surface area contributed by atoms with E-state index < -0.39 is 4.92 Å². The summed E-state index contributed by atoms with van der Waals surface area (Å²) in [6.45, 7) is 4.08. The molecule has 20 heavy (non-hydrogen) atoms. The molecule has 1 aromatic carbocycles. The molecule has 1 N–H and O–H groups in total. The van der Waals surface area contributed by atoms with Gasteiger partial charge < -0.3 is 10.1 Å². The number of ether oxygens (including phenoxy) is 1. The first-order chi connectivity index (χ1) is 9.69. The number of hydrogen-bond donors (Lipinski definition) is 1. The Balaban J connectivity index is 2.43. The molecule has 6 nitrogen and oxygen atoms in total. The maximum Gasteiger partial charge on any atom is 0.293 e. The Labute approximate surface area is 118 Å². The largest absolute Gasteiger partial charge is 0.381 e. The lowest BCUT2D eigenvalue weighted by Gasteiger charge is -2.08. The van der Waals surface area contributed by atoms with E-state index in [1.54, 1.807) is 12.1 Å². The van der Waals surface area contributed by atoms with Gasteiger partial charge in [-0.15, -0.1) is 0 Å². The van der Waals surface area contributed by atoms with Crippen LogP contribution >= 0.6 is 0 Å². The van der Waals surface area contributed by atoms with Crippen LogP contribution in [-0.4, -0.2) is 31.0 Å². The van der Waals surface area contributed by atoms with Crippen molar-refractivity contribution in [2.45, 2.75) is 26.2 Å². The van der Waals surface area contributed by atoms with Gasteiger partial charge in [0.1, 0.15) is 12.0 Å². The molecule has 0 saturated carbocycles. The van der Waals surface area contributed by atoms with Crippen molar-refractivity contribution in [1.29, 1.82) is 0 Å². The molecule has 0 bridgehead atoms. The van der Waals surface area contributed by atoms with Gasteiger partial charge in [-0.1, -0.05) is 13.3 Å². The first-order valence-corrected chi connectivity index (χ1v) is 6.74. The van der Waals surface area contributed by atoms with Gasteiger partial charge in [0.25, 0.3) is 5.69 Å². The van der Waals surface area contributed by atoms with Gasteiger partial charge in [0, 0.05) is 31.4 Å². The maximum atomic E-state index is 10.9. The monoisotopic (exact) mass is 280 g/mol. The minimum Gasteiger partial charge on any atom is -0.381 e. The summed E-state index contributed by atoms with van der Waals surface area (Å²) in [6, 6.07) is 4.38. The quantitative estimate of drug-likeness (QED) is 0.308. The average molecular weight is 280 g/mol. The Morgan fingerprint density at radius 2 is 2.10 bits per heavy atom. The van der Waals surface area contributed by atoms with Crippen LogP contribution in [0.5, 0.6) is 0 Å². The molecule has 0 unspecified atom stereocenters. The van der Waals surface area contributed by atoms with Crippen molar-refractivity contribution in [3.05, 3.63) is 33.9 Å². The fourth-order valence-electron chi connectivity index (χ4n) is 1.67. The smallest absolute Gasteiger partial charge is 0.293 e. The zero-order valence-electron chi connectivity index (χ0n) is 11.6. The standard InChI is InChI=1S/C14H20N2O4/c1-2-3-8-20-9-4-7-15-13-6-5-12(11-17)10-14(13)16(18)19/h5-6,10-11,15H,2-4,7-9H2,1H3. The zero-order chi connectivity index (χ0) is 14.8. The predicted molar refractivity (Wildman–Crippen MR) is 77.3 cm³/mol. The van der Waals surface area contributed by atoms with E-state index in [0.717, 1.165) is 25.9 Å². The van der Waals surface area contributed by atoms with Crippen molar-refractivity contribution in [1.82, 2.24) is 0 Å². The number of nitro groups is 1. The van der Waals surface area contributed by atoms with Crippen LogP contribution in [0.25, 0.3) is 0 Å². The van der Waals surface area contributed by atoms with Crippen molar-refractivity contribution in [3.8, 4) is 0 Å². The second-order valence-corrected chi connectivity index (χ2v) is 4.40. The normalized spacial score (nSPS) is 10.2. The van der Waals surface area contributed by atoms with Crippen molar-refractivity contribution < 1.29 is 14.5 Å². The Bertz CT molecular complexity index is 449. The number of anilines is 1. The zero-order valence-corrected chi connectivity index (χ0v) is 11.6. The minimum absolute atomic E-state index is 0.0819. The van der Waals surface area contributed by atoms with E-state index in [1.807, 2.05) is 0 Å². The summed E-state index contributed by atoms with van der Waals surface area (Å²) in [5.41, 5.74) is 0.640. The van der Waals surface area contributed by atoms with Crippen LogP contribution in [0.2, 0.25) is 0 Å². The van der Waals surface area contributed by atoms with Crippen LogP contribution in [0.3, 0.4) is 0 Å². The number of nitrogens with one attached hydrogen (secondary N) is 1. The highest BCUT2D eigenvalue weighted by atomic mass is 16.6. The first kappa shape index (κ1) is 16.1. The molecule has 0 aliphatic rings. The van der Waals surface area contributed by atoms with Gasteiger partial charge in [-0.25, -0.2) is 0 Å². The number of carbonyl (C=O) groups excluding carboxylic acids is 1. The lowest BCUT2D eigenvalue weighted by atomic mass is 10.2. The summed E-state index contributed by atoms with van der Waals surface area (Å²) in [5.74, 6) is 0. The van der Waals surface area contributed by atoms with Gasteiger partial charge in [0.05, 0.1) is 4.92 Å². The van der Waals surface area contributed by atoms with Gasteiger partial charge in [-0.05, 0) is 25.0 Å². The molecule has 0 heterocycles. The maximum absolute atomic E-state index is 10.9. The lowest BCUT2D eigenvalue weighted by Crippen LogP contribution is -2.08. The third kappa shape index (κ3) is 5.36. The molecule has 1 aromatic rings. The van der Waals surface area contributed by atoms with Gasteiger partial charge in [0.15, 0.2) is 0 Å². The third-order valence-electron chi connectivity index (χ3n) is 2.78. The molecule has 110 valence electrons. The molecular weight excluding hydrogens is 260 g/mol. The number of benzene rings is 1. The Morgan fingerprint density at radius 3 is 2.75 bits per heavy atom. The highest BCUT2D eigenvalue weighted by molar-refractivity contribution is 5.79. The number of aldehydes is 1. The Kier molecular flexibility index (Phi) is 7.27. The predicted octanol–water partition coefficient (Wildman–Crippen LogP) is 3.03. The van der Waals surface area contributed by atoms with E-state index in [0.29, 0.717) is 30.7 Å². The number of carbonyl (C=O) groups is 1. The Morgan fingerprint density at radius 1 is 1.35 bits per heavy atom. The number of hydrogen-bond acceptors (Lipinski definition) is 5. The second-order valence-electron chi connectivity index (χ2n) is 4.40. The molecule has 0 aliphatic carbocycles. The summed E-state index contributed by atoms with van der Waals surface area (Å²) in [4.78, 5) is 21.0. The second kappa shape index (κ2) is 9.03. The fourth-order valence-corrected chi connectivity index (χ4v) is 1.67. The average Bonchev–Trinajstić information content (AvgIpc) is 2.46. The van der Waals surface area contributed by atoms with E-state index in [9.17, 15) is 14.9 Å². The molecule has 0 amide bonds. The SMILES string of the molecule is CCCCOCCCNc1ccc(C=O)cc1[N+](=O)[O-]. The van der Waals surface area contributed by atoms with Crippen LogP contribution < -0.4 is 5.32 Å². The third-order valence-corrected chi connectivity index (χ3v) is 2.78. The summed E-state index contributed by atoms with van der Waals surface area (Å²) >= 11 is 0. The van der Waals surface area contributed by atoms with Crippen molar-refractivity contribution >= 4 is 17.7 Å². The van der Waals surface area contributed by atoms with Gasteiger partial charge in [-0.2, -0.15) is 0 Å². The topological polar surface area (TPSA) is 81.5 Å². The molecule has 0 atom stereocenters. The van der Waals surface area contributed by atoms with Crippen LogP contribution in [-0.2, 0) is 4.74 Å². The molecule has 0 aliphatic heterocycles. The summed E-state index contributed by atoms with van der Waals surface area (Å²) in [5, 5.41) is 13.9. The van der Waals surface area contributed by atoms with Crippen molar-refractivity contribution in [2.24, 2.45) is 0 Å². The highest BCUT2D eigenvalue weighted by Crippen LogP contribution is 2.24. The number of nitrogens with zero attached hydrogens (tertiary/aromatic N) is 1. The number of nitro benzene ring substituents is 1. The van der Waals surface area contributed by atoms with E-state index >= 15 is 0 Å². The molecule has 0 aromatic heterocycles. The van der Waals surface area contributed by atoms with Crippen molar-refractivity contribution in [2.75, 3.05) is 25.1 Å². The summed E-state index contributed by atoms with van der Waals surface area (Å²) < 4.78 is 5.41. The van der Waals surface area contributed by atoms with Crippen LogP contribution in [0.15, 0.2) is 18.2 Å². The van der Waals surface area contributed by atoms with E-state index in [1.165, 1.54) is 6.07 Å². The summed E-state index contributed by atoms with van der Waals surface area (Å²) in [7, 11) is 0. The molecule has 0 fully saturated rings. The molecule has 6 heteroatoms. The molecule has 1 rings (SSSR count). The van der Waals surface area contributed by atoms with Gasteiger partial charge in [-0.3, -0.25) is 14.9 Å². The van der Waals surface area contributed by atoms with Gasteiger partial charge in [0.2, 0.25) is 0 Å². The van der Waals surface area contributed by atoms with E-state index in [2.05, 4.69) is 12.2 Å². The summed E-state index contributed by atoms with van der Waals surface area (Å²) in [6.07, 6.45) is 3.52. The molecule has 0 radical (unpaired) electrons. The highest BCUT2D eigenvalue weighted by Gasteiger charge is 2.13. The lowest BCUT2D eigenvalue weighted by molar-refractivity contribution is -0.384. The van der Waals surface area contributed by atoms with Gasteiger partial charge >= 0.3 is 0 Å². The van der Waals surface area contributed by atoms with Crippen LogP contribution in [0.4, 0.5) is 11.4 Å². The number of rotatable bonds is 10. The van der Waals surface area contributed by atoms with Crippen LogP contribution in [0.1, 0.15) is 36.5 Å².